The van der Waals surface area contributed by atoms with E-state index in [-0.39, 0.29) is 25.1 Å². The van der Waals surface area contributed by atoms with E-state index >= 15 is 0 Å². The zero-order valence-corrected chi connectivity index (χ0v) is 14.9. The smallest absolute Gasteiger partial charge is 0.129 e. The molecule has 0 heterocycles. The number of hydrogen-bond donors (Lipinski definition) is 2. The number of aliphatic hydroxyl groups is 1. The molecule has 0 saturated carbocycles. The molecule has 0 spiro atoms. The fraction of sp³-hybridized carbons (Fsp3) is 0.273. The van der Waals surface area contributed by atoms with Gasteiger partial charge in [-0.3, -0.25) is 0 Å². The maximum absolute atomic E-state index is 13.9. The zero-order valence-electron chi connectivity index (χ0n) is 14.9. The van der Waals surface area contributed by atoms with Gasteiger partial charge in [-0.25, -0.2) is 4.39 Å². The number of nitrogens with one attached hydrogen (secondary N) is 1. The molecule has 0 fully saturated rings. The molecular weight excluding hydrogens is 329 g/mol. The molecule has 3 rings (SSSR count). The minimum atomic E-state index is -0.265. The SMILES string of the molecule is CC[C@H](CO)NCc1c(OCc2ccccc2F)ccc2ccccc12. The topological polar surface area (TPSA) is 41.5 Å². The number of aliphatic hydroxyl groups excluding tert-OH is 1. The summed E-state index contributed by atoms with van der Waals surface area (Å²) in [5, 5.41) is 15.0. The Kier molecular flexibility index (Phi) is 6.21. The fourth-order valence-electron chi connectivity index (χ4n) is 2.99. The van der Waals surface area contributed by atoms with Gasteiger partial charge in [-0.2, -0.15) is 0 Å². The lowest BCUT2D eigenvalue weighted by Gasteiger charge is -2.18. The van der Waals surface area contributed by atoms with Crippen LogP contribution in [-0.4, -0.2) is 17.8 Å². The van der Waals surface area contributed by atoms with Crippen LogP contribution in [0, 0.1) is 5.82 Å². The van der Waals surface area contributed by atoms with E-state index < -0.39 is 0 Å². The first-order chi connectivity index (χ1) is 12.7. The van der Waals surface area contributed by atoms with Crippen LogP contribution in [0.25, 0.3) is 10.8 Å². The highest BCUT2D eigenvalue weighted by Gasteiger charge is 2.12. The van der Waals surface area contributed by atoms with Crippen molar-refractivity contribution in [3.05, 3.63) is 77.6 Å². The molecule has 0 radical (unpaired) electrons. The summed E-state index contributed by atoms with van der Waals surface area (Å²) in [4.78, 5) is 0. The fourth-order valence-corrected chi connectivity index (χ4v) is 2.99. The van der Waals surface area contributed by atoms with Crippen LogP contribution in [0.5, 0.6) is 5.75 Å². The summed E-state index contributed by atoms with van der Waals surface area (Å²) in [7, 11) is 0. The number of fused-ring (bicyclic) bond motifs is 1. The summed E-state index contributed by atoms with van der Waals surface area (Å²) in [6.07, 6.45) is 0.840. The summed E-state index contributed by atoms with van der Waals surface area (Å²) in [6.45, 7) is 2.88. The van der Waals surface area contributed by atoms with Gasteiger partial charge in [0.2, 0.25) is 0 Å². The second kappa shape index (κ2) is 8.79. The maximum Gasteiger partial charge on any atom is 0.129 e. The van der Waals surface area contributed by atoms with Crippen molar-refractivity contribution >= 4 is 10.8 Å². The summed E-state index contributed by atoms with van der Waals surface area (Å²) < 4.78 is 19.8. The van der Waals surface area contributed by atoms with E-state index in [9.17, 15) is 9.50 Å². The van der Waals surface area contributed by atoms with E-state index in [1.165, 1.54) is 6.07 Å². The van der Waals surface area contributed by atoms with Gasteiger partial charge in [-0.05, 0) is 29.3 Å². The van der Waals surface area contributed by atoms with Crippen LogP contribution in [0.2, 0.25) is 0 Å². The van der Waals surface area contributed by atoms with Crippen molar-refractivity contribution in [1.82, 2.24) is 5.32 Å². The van der Waals surface area contributed by atoms with E-state index in [0.717, 1.165) is 28.5 Å². The predicted octanol–water partition coefficient (Wildman–Crippen LogP) is 4.42. The van der Waals surface area contributed by atoms with E-state index in [1.54, 1.807) is 18.2 Å². The zero-order chi connectivity index (χ0) is 18.4. The molecule has 26 heavy (non-hydrogen) atoms. The quantitative estimate of drug-likeness (QED) is 0.630. The number of rotatable bonds is 8. The summed E-state index contributed by atoms with van der Waals surface area (Å²) in [6, 6.07) is 18.7. The molecule has 0 amide bonds. The molecule has 1 atom stereocenters. The van der Waals surface area contributed by atoms with Gasteiger partial charge in [0.1, 0.15) is 18.2 Å². The highest BCUT2D eigenvalue weighted by atomic mass is 19.1. The molecule has 0 aliphatic heterocycles. The number of halogens is 1. The van der Waals surface area contributed by atoms with Gasteiger partial charge in [-0.15, -0.1) is 0 Å². The molecule has 2 N–H and O–H groups in total. The lowest BCUT2D eigenvalue weighted by atomic mass is 10.0. The van der Waals surface area contributed by atoms with Gasteiger partial charge in [0.15, 0.2) is 0 Å². The molecule has 0 aliphatic carbocycles. The lowest BCUT2D eigenvalue weighted by Crippen LogP contribution is -2.31. The third-order valence-corrected chi connectivity index (χ3v) is 4.62. The molecule has 0 aromatic heterocycles. The Morgan fingerprint density at radius 3 is 2.58 bits per heavy atom. The average Bonchev–Trinajstić information content (AvgIpc) is 2.68. The Morgan fingerprint density at radius 1 is 1.04 bits per heavy atom. The molecule has 3 aromatic rings. The van der Waals surface area contributed by atoms with Crippen molar-refractivity contribution < 1.29 is 14.2 Å². The summed E-state index contributed by atoms with van der Waals surface area (Å²) >= 11 is 0. The van der Waals surface area contributed by atoms with Gasteiger partial charge >= 0.3 is 0 Å². The van der Waals surface area contributed by atoms with Crippen LogP contribution in [0.15, 0.2) is 60.7 Å². The Balaban J connectivity index is 1.88. The highest BCUT2D eigenvalue weighted by molar-refractivity contribution is 5.87. The molecule has 3 aromatic carbocycles. The van der Waals surface area contributed by atoms with Crippen molar-refractivity contribution in [1.29, 1.82) is 0 Å². The standard InChI is InChI=1S/C22H24FNO2/c1-2-18(14-25)24-13-20-19-9-5-3-7-16(19)11-12-22(20)26-15-17-8-4-6-10-21(17)23/h3-12,18,24-25H,2,13-15H2,1H3/t18-/m1/s1. The lowest BCUT2D eigenvalue weighted by molar-refractivity contribution is 0.237. The van der Waals surface area contributed by atoms with Crippen LogP contribution in [0.4, 0.5) is 4.39 Å². The van der Waals surface area contributed by atoms with Crippen molar-refractivity contribution in [2.75, 3.05) is 6.61 Å². The Hall–Kier alpha value is -2.43. The Labute approximate surface area is 153 Å². The third kappa shape index (κ3) is 4.21. The molecule has 0 aliphatic rings. The first-order valence-electron chi connectivity index (χ1n) is 8.94. The Morgan fingerprint density at radius 2 is 1.81 bits per heavy atom. The van der Waals surface area contributed by atoms with Crippen LogP contribution in [-0.2, 0) is 13.2 Å². The van der Waals surface area contributed by atoms with E-state index in [4.69, 9.17) is 4.74 Å². The predicted molar refractivity (Wildman–Crippen MR) is 103 cm³/mol. The number of hydrogen-bond acceptors (Lipinski definition) is 3. The number of ether oxygens (including phenoxy) is 1. The minimum Gasteiger partial charge on any atom is -0.488 e. The van der Waals surface area contributed by atoms with E-state index in [2.05, 4.69) is 17.4 Å². The molecule has 0 saturated heterocycles. The van der Waals surface area contributed by atoms with Gasteiger partial charge in [0, 0.05) is 23.7 Å². The van der Waals surface area contributed by atoms with Crippen LogP contribution in [0.3, 0.4) is 0 Å². The van der Waals surface area contributed by atoms with Gasteiger partial charge < -0.3 is 15.2 Å². The van der Waals surface area contributed by atoms with Crippen molar-refractivity contribution in [3.63, 3.8) is 0 Å². The van der Waals surface area contributed by atoms with Crippen molar-refractivity contribution in [2.24, 2.45) is 0 Å². The monoisotopic (exact) mass is 353 g/mol. The summed E-state index contributed by atoms with van der Waals surface area (Å²) in [5.41, 5.74) is 1.55. The van der Waals surface area contributed by atoms with Crippen LogP contribution < -0.4 is 10.1 Å². The third-order valence-electron chi connectivity index (χ3n) is 4.62. The molecule has 0 unspecified atom stereocenters. The first-order valence-corrected chi connectivity index (χ1v) is 8.94. The van der Waals surface area contributed by atoms with Gasteiger partial charge in [0.25, 0.3) is 0 Å². The molecule has 4 heteroatoms. The highest BCUT2D eigenvalue weighted by Crippen LogP contribution is 2.29. The number of benzene rings is 3. The van der Waals surface area contributed by atoms with Crippen molar-refractivity contribution in [3.8, 4) is 5.75 Å². The second-order valence-electron chi connectivity index (χ2n) is 6.31. The average molecular weight is 353 g/mol. The largest absolute Gasteiger partial charge is 0.488 e. The molecule has 136 valence electrons. The van der Waals surface area contributed by atoms with E-state index in [0.29, 0.717) is 12.1 Å². The Bertz CT molecular complexity index is 862. The summed E-state index contributed by atoms with van der Waals surface area (Å²) in [5.74, 6) is 0.464. The van der Waals surface area contributed by atoms with Gasteiger partial charge in [-0.1, -0.05) is 55.5 Å². The van der Waals surface area contributed by atoms with Crippen LogP contribution >= 0.6 is 0 Å². The molecule has 0 bridgehead atoms. The van der Waals surface area contributed by atoms with E-state index in [1.807, 2.05) is 31.2 Å². The van der Waals surface area contributed by atoms with Crippen LogP contribution in [0.1, 0.15) is 24.5 Å². The molecular formula is C22H24FNO2. The minimum absolute atomic E-state index is 0.0355. The normalized spacial score (nSPS) is 12.3. The molecule has 3 nitrogen and oxygen atoms in total. The van der Waals surface area contributed by atoms with Crippen molar-refractivity contribution in [2.45, 2.75) is 32.5 Å². The maximum atomic E-state index is 13.9. The van der Waals surface area contributed by atoms with Gasteiger partial charge in [0.05, 0.1) is 6.61 Å². The first kappa shape index (κ1) is 18.4. The second-order valence-corrected chi connectivity index (χ2v) is 6.31.